The highest BCUT2D eigenvalue weighted by Crippen LogP contribution is 2.28. The minimum Gasteiger partial charge on any atom is -0.357 e. The van der Waals surface area contributed by atoms with Crippen molar-refractivity contribution in [1.82, 2.24) is 10.6 Å². The van der Waals surface area contributed by atoms with E-state index in [0.29, 0.717) is 23.6 Å². The molecule has 124 valence electrons. The molecule has 23 heavy (non-hydrogen) atoms. The van der Waals surface area contributed by atoms with Gasteiger partial charge in [0.25, 0.3) is 0 Å². The molecule has 2 rings (SSSR count). The SMILES string of the molecule is C#Cc1cccc(NC(=O)CN=C(NCC)NC2CC2C)c1.I. The molecular formula is C17H23IN4O. The Bertz CT molecular complexity index is 609. The number of nitrogens with zero attached hydrogens (tertiary/aromatic N) is 1. The molecule has 0 spiro atoms. The number of benzene rings is 1. The smallest absolute Gasteiger partial charge is 0.246 e. The standard InChI is InChI=1S/C17H22N4O.HI/c1-4-13-7-6-8-14(10-13)20-16(22)11-19-17(18-5-2)21-15-9-12(15)3;/h1,6-8,10,12,15H,5,9,11H2,2-3H3,(H,20,22)(H2,18,19,21);1H. The molecule has 1 aliphatic carbocycles. The van der Waals surface area contributed by atoms with Crippen LogP contribution in [0.5, 0.6) is 0 Å². The fourth-order valence-electron chi connectivity index (χ4n) is 2.06. The van der Waals surface area contributed by atoms with E-state index in [-0.39, 0.29) is 36.4 Å². The second kappa shape index (κ2) is 9.40. The normalized spacial score (nSPS) is 19.1. The zero-order valence-electron chi connectivity index (χ0n) is 13.4. The van der Waals surface area contributed by atoms with E-state index in [2.05, 4.69) is 33.8 Å². The summed E-state index contributed by atoms with van der Waals surface area (Å²) in [5.74, 6) is 3.73. The number of amides is 1. The maximum Gasteiger partial charge on any atom is 0.246 e. The van der Waals surface area contributed by atoms with Crippen LogP contribution in [-0.2, 0) is 4.79 Å². The van der Waals surface area contributed by atoms with Crippen molar-refractivity contribution in [1.29, 1.82) is 0 Å². The van der Waals surface area contributed by atoms with Crippen molar-refractivity contribution in [3.05, 3.63) is 29.8 Å². The Morgan fingerprint density at radius 3 is 2.83 bits per heavy atom. The molecule has 3 N–H and O–H groups in total. The van der Waals surface area contributed by atoms with Crippen molar-refractivity contribution in [3.8, 4) is 12.3 Å². The van der Waals surface area contributed by atoms with Crippen LogP contribution in [0, 0.1) is 18.3 Å². The third kappa shape index (κ3) is 6.48. The third-order valence-corrected chi connectivity index (χ3v) is 3.47. The number of terminal acetylenes is 1. The summed E-state index contributed by atoms with van der Waals surface area (Å²) in [4.78, 5) is 16.3. The van der Waals surface area contributed by atoms with Gasteiger partial charge < -0.3 is 16.0 Å². The van der Waals surface area contributed by atoms with Crippen molar-refractivity contribution in [3.63, 3.8) is 0 Å². The summed E-state index contributed by atoms with van der Waals surface area (Å²) in [7, 11) is 0. The van der Waals surface area contributed by atoms with Crippen LogP contribution in [0.4, 0.5) is 5.69 Å². The van der Waals surface area contributed by atoms with Gasteiger partial charge in [0, 0.05) is 23.8 Å². The molecule has 1 aromatic rings. The largest absolute Gasteiger partial charge is 0.357 e. The Labute approximate surface area is 154 Å². The number of guanidine groups is 1. The van der Waals surface area contributed by atoms with Gasteiger partial charge in [0.2, 0.25) is 5.91 Å². The van der Waals surface area contributed by atoms with Gasteiger partial charge >= 0.3 is 0 Å². The average molecular weight is 426 g/mol. The number of nitrogens with one attached hydrogen (secondary N) is 3. The zero-order valence-corrected chi connectivity index (χ0v) is 15.8. The second-order valence-electron chi connectivity index (χ2n) is 5.43. The van der Waals surface area contributed by atoms with Gasteiger partial charge in [-0.2, -0.15) is 0 Å². The fourth-order valence-corrected chi connectivity index (χ4v) is 2.06. The molecule has 2 unspecified atom stereocenters. The number of hydrogen-bond acceptors (Lipinski definition) is 2. The van der Waals surface area contributed by atoms with Crippen molar-refractivity contribution < 1.29 is 4.79 Å². The van der Waals surface area contributed by atoms with Gasteiger partial charge in [0.05, 0.1) is 0 Å². The summed E-state index contributed by atoms with van der Waals surface area (Å²) in [5, 5.41) is 9.25. The van der Waals surface area contributed by atoms with Crippen molar-refractivity contribution in [2.24, 2.45) is 10.9 Å². The van der Waals surface area contributed by atoms with Gasteiger partial charge in [-0.15, -0.1) is 30.4 Å². The lowest BCUT2D eigenvalue weighted by atomic mass is 10.2. The quantitative estimate of drug-likeness (QED) is 0.293. The summed E-state index contributed by atoms with van der Waals surface area (Å²) >= 11 is 0. The van der Waals surface area contributed by atoms with Gasteiger partial charge in [-0.05, 0) is 37.5 Å². The third-order valence-electron chi connectivity index (χ3n) is 3.47. The Kier molecular flexibility index (Phi) is 7.89. The van der Waals surface area contributed by atoms with Crippen LogP contribution < -0.4 is 16.0 Å². The van der Waals surface area contributed by atoms with Crippen LogP contribution in [-0.4, -0.2) is 31.0 Å². The Balaban J connectivity index is 0.00000264. The van der Waals surface area contributed by atoms with Crippen LogP contribution in [0.3, 0.4) is 0 Å². The van der Waals surface area contributed by atoms with Crippen LogP contribution in [0.1, 0.15) is 25.8 Å². The lowest BCUT2D eigenvalue weighted by Gasteiger charge is -2.10. The lowest BCUT2D eigenvalue weighted by molar-refractivity contribution is -0.114. The number of hydrogen-bond donors (Lipinski definition) is 3. The van der Waals surface area contributed by atoms with Gasteiger partial charge in [-0.3, -0.25) is 4.79 Å². The van der Waals surface area contributed by atoms with Gasteiger partial charge in [0.1, 0.15) is 6.54 Å². The summed E-state index contributed by atoms with van der Waals surface area (Å²) < 4.78 is 0. The van der Waals surface area contributed by atoms with E-state index in [1.807, 2.05) is 19.1 Å². The predicted octanol–water partition coefficient (Wildman–Crippen LogP) is 2.19. The number of carbonyl (C=O) groups is 1. The minimum atomic E-state index is -0.171. The van der Waals surface area contributed by atoms with Crippen molar-refractivity contribution in [2.45, 2.75) is 26.3 Å². The van der Waals surface area contributed by atoms with E-state index >= 15 is 0 Å². The molecule has 0 heterocycles. The Hall–Kier alpha value is -1.75. The first-order valence-corrected chi connectivity index (χ1v) is 7.53. The summed E-state index contributed by atoms with van der Waals surface area (Å²) in [6.45, 7) is 5.01. The molecule has 0 radical (unpaired) electrons. The molecule has 1 fully saturated rings. The first kappa shape index (κ1) is 19.3. The average Bonchev–Trinajstić information content (AvgIpc) is 3.20. The van der Waals surface area contributed by atoms with E-state index in [0.717, 1.165) is 18.5 Å². The molecule has 1 aromatic carbocycles. The second-order valence-corrected chi connectivity index (χ2v) is 5.43. The van der Waals surface area contributed by atoms with Gasteiger partial charge in [0.15, 0.2) is 5.96 Å². The highest BCUT2D eigenvalue weighted by Gasteiger charge is 2.33. The van der Waals surface area contributed by atoms with Crippen LogP contribution in [0.2, 0.25) is 0 Å². The molecule has 0 aromatic heterocycles. The van der Waals surface area contributed by atoms with Gasteiger partial charge in [-0.25, -0.2) is 4.99 Å². The first-order valence-electron chi connectivity index (χ1n) is 7.53. The monoisotopic (exact) mass is 426 g/mol. The van der Waals surface area contributed by atoms with E-state index < -0.39 is 0 Å². The van der Waals surface area contributed by atoms with Crippen LogP contribution in [0.15, 0.2) is 29.3 Å². The number of rotatable bonds is 5. The zero-order chi connectivity index (χ0) is 15.9. The van der Waals surface area contributed by atoms with Gasteiger partial charge in [-0.1, -0.05) is 18.9 Å². The molecule has 0 bridgehead atoms. The molecule has 1 amide bonds. The highest BCUT2D eigenvalue weighted by molar-refractivity contribution is 14.0. The first-order chi connectivity index (χ1) is 10.6. The summed E-state index contributed by atoms with van der Waals surface area (Å²) in [5.41, 5.74) is 1.42. The lowest BCUT2D eigenvalue weighted by Crippen LogP contribution is -2.39. The van der Waals surface area contributed by atoms with E-state index in [4.69, 9.17) is 6.42 Å². The Morgan fingerprint density at radius 1 is 1.48 bits per heavy atom. The molecule has 5 nitrogen and oxygen atoms in total. The Morgan fingerprint density at radius 2 is 2.22 bits per heavy atom. The van der Waals surface area contributed by atoms with E-state index in [1.54, 1.807) is 12.1 Å². The predicted molar refractivity (Wildman–Crippen MR) is 105 cm³/mol. The van der Waals surface area contributed by atoms with E-state index in [1.165, 1.54) is 0 Å². The highest BCUT2D eigenvalue weighted by atomic mass is 127. The molecule has 1 saturated carbocycles. The van der Waals surface area contributed by atoms with Crippen LogP contribution >= 0.6 is 24.0 Å². The maximum atomic E-state index is 12.0. The molecule has 6 heteroatoms. The maximum absolute atomic E-state index is 12.0. The minimum absolute atomic E-state index is 0. The molecular weight excluding hydrogens is 403 g/mol. The molecule has 0 saturated heterocycles. The molecule has 0 aliphatic heterocycles. The number of halogens is 1. The molecule has 2 atom stereocenters. The number of anilines is 1. The molecule has 1 aliphatic rings. The van der Waals surface area contributed by atoms with Crippen molar-refractivity contribution >= 4 is 41.5 Å². The topological polar surface area (TPSA) is 65.5 Å². The van der Waals surface area contributed by atoms with E-state index in [9.17, 15) is 4.79 Å². The number of aliphatic imine (C=N–C) groups is 1. The van der Waals surface area contributed by atoms with Crippen molar-refractivity contribution in [2.75, 3.05) is 18.4 Å². The summed E-state index contributed by atoms with van der Waals surface area (Å²) in [6.07, 6.45) is 6.49. The van der Waals surface area contributed by atoms with Crippen LogP contribution in [0.25, 0.3) is 0 Å². The number of carbonyl (C=O) groups excluding carboxylic acids is 1. The fraction of sp³-hybridized carbons (Fsp3) is 0.412. The summed E-state index contributed by atoms with van der Waals surface area (Å²) in [6, 6.07) is 7.66.